The molecule has 3 aromatic carbocycles. The highest BCUT2D eigenvalue weighted by atomic mass is 32.2. The van der Waals surface area contributed by atoms with Crippen LogP contribution in [0.2, 0.25) is 0 Å². The molecule has 0 bridgehead atoms. The topological polar surface area (TPSA) is 98.4 Å². The van der Waals surface area contributed by atoms with Crippen molar-refractivity contribution < 1.29 is 27.0 Å². The number of pyridine rings is 1. The molecular formula is C30H24F4N6O2S. The second-order valence-electron chi connectivity index (χ2n) is 9.56. The Morgan fingerprint density at radius 1 is 0.930 bits per heavy atom. The van der Waals surface area contributed by atoms with Gasteiger partial charge in [-0.05, 0) is 66.0 Å². The van der Waals surface area contributed by atoms with E-state index in [9.17, 15) is 8.78 Å². The van der Waals surface area contributed by atoms with Crippen LogP contribution in [-0.4, -0.2) is 48.4 Å². The Kier molecular flexibility index (Phi) is 7.91. The zero-order valence-corrected chi connectivity index (χ0v) is 23.5. The van der Waals surface area contributed by atoms with E-state index in [1.54, 1.807) is 24.4 Å². The summed E-state index contributed by atoms with van der Waals surface area (Å²) in [5, 5.41) is 0.503. The van der Waals surface area contributed by atoms with Gasteiger partial charge in [0.05, 0.1) is 36.5 Å². The van der Waals surface area contributed by atoms with Gasteiger partial charge < -0.3 is 24.8 Å². The van der Waals surface area contributed by atoms with E-state index in [0.29, 0.717) is 72.2 Å². The number of nitrogen functional groups attached to an aromatic ring is 1. The number of rotatable bonds is 7. The summed E-state index contributed by atoms with van der Waals surface area (Å²) in [4.78, 5) is 15.4. The van der Waals surface area contributed by atoms with Crippen LogP contribution in [0.1, 0.15) is 0 Å². The molecule has 3 N–H and O–H groups in total. The minimum atomic E-state index is -0.955. The van der Waals surface area contributed by atoms with Gasteiger partial charge in [-0.2, -0.15) is 0 Å². The highest BCUT2D eigenvalue weighted by Crippen LogP contribution is 2.40. The van der Waals surface area contributed by atoms with Crippen molar-refractivity contribution in [1.29, 1.82) is 0 Å². The summed E-state index contributed by atoms with van der Waals surface area (Å²) in [5.41, 5.74) is 6.44. The number of nitrogens with one attached hydrogen (secondary N) is 1. The second-order valence-corrected chi connectivity index (χ2v) is 10.4. The standard InChI is InChI=1S/C30H24F4N6O2S/c1-41-23-14-17(25-19(31)6-7-22(26(25)34)39-43-28-20(32)3-2-4-21(28)33)13-18-27(23)37-29(16-5-8-24(35)36-15-16)38-30(18)40-9-11-42-12-10-40/h2-8,13-15,39H,9-12H2,1H3,(H2,35,36). The molecule has 13 heteroatoms. The third-order valence-corrected chi connectivity index (χ3v) is 7.80. The van der Waals surface area contributed by atoms with Crippen molar-refractivity contribution in [3.05, 3.63) is 84.1 Å². The summed E-state index contributed by atoms with van der Waals surface area (Å²) in [5.74, 6) is -1.93. The Hall–Kier alpha value is -4.62. The van der Waals surface area contributed by atoms with Crippen molar-refractivity contribution in [2.45, 2.75) is 4.90 Å². The molecule has 5 aromatic rings. The van der Waals surface area contributed by atoms with E-state index >= 15 is 8.78 Å². The molecule has 220 valence electrons. The summed E-state index contributed by atoms with van der Waals surface area (Å²) in [6.45, 7) is 2.00. The monoisotopic (exact) mass is 608 g/mol. The predicted octanol–water partition coefficient (Wildman–Crippen LogP) is 6.46. The fourth-order valence-electron chi connectivity index (χ4n) is 4.75. The lowest BCUT2D eigenvalue weighted by Gasteiger charge is -2.29. The third-order valence-electron chi connectivity index (χ3n) is 6.88. The third kappa shape index (κ3) is 5.60. The van der Waals surface area contributed by atoms with Crippen LogP contribution in [0.4, 0.5) is 34.9 Å². The maximum absolute atomic E-state index is 15.9. The van der Waals surface area contributed by atoms with Gasteiger partial charge in [0.15, 0.2) is 11.6 Å². The summed E-state index contributed by atoms with van der Waals surface area (Å²) < 4.78 is 73.3. The molecule has 0 spiro atoms. The van der Waals surface area contributed by atoms with Crippen LogP contribution >= 0.6 is 11.9 Å². The van der Waals surface area contributed by atoms with E-state index in [0.717, 1.165) is 24.3 Å². The Morgan fingerprint density at radius 2 is 1.70 bits per heavy atom. The zero-order chi connectivity index (χ0) is 30.1. The lowest BCUT2D eigenvalue weighted by molar-refractivity contribution is 0.122. The Morgan fingerprint density at radius 3 is 2.40 bits per heavy atom. The first kappa shape index (κ1) is 28.5. The summed E-state index contributed by atoms with van der Waals surface area (Å²) in [6, 6.07) is 12.1. The number of methoxy groups -OCH3 is 1. The maximum Gasteiger partial charge on any atom is 0.163 e. The molecule has 43 heavy (non-hydrogen) atoms. The number of morpholine rings is 1. The molecular weight excluding hydrogens is 584 g/mol. The fourth-order valence-corrected chi connectivity index (χ4v) is 5.45. The van der Waals surface area contributed by atoms with Crippen molar-refractivity contribution in [3.8, 4) is 28.3 Å². The van der Waals surface area contributed by atoms with Crippen molar-refractivity contribution in [2.75, 3.05) is 48.8 Å². The van der Waals surface area contributed by atoms with E-state index in [-0.39, 0.29) is 27.5 Å². The van der Waals surface area contributed by atoms with E-state index in [1.165, 1.54) is 19.2 Å². The van der Waals surface area contributed by atoms with Crippen LogP contribution in [0.15, 0.2) is 65.7 Å². The van der Waals surface area contributed by atoms with Gasteiger partial charge in [0, 0.05) is 30.2 Å². The highest BCUT2D eigenvalue weighted by molar-refractivity contribution is 8.00. The smallest absolute Gasteiger partial charge is 0.163 e. The molecule has 0 aliphatic carbocycles. The first-order chi connectivity index (χ1) is 20.8. The number of nitrogens with zero attached hydrogens (tertiary/aromatic N) is 4. The van der Waals surface area contributed by atoms with Crippen LogP contribution in [0.5, 0.6) is 5.75 Å². The average molecular weight is 609 g/mol. The summed E-state index contributed by atoms with van der Waals surface area (Å²) in [6.07, 6.45) is 1.56. The van der Waals surface area contributed by atoms with Crippen LogP contribution in [-0.2, 0) is 4.74 Å². The van der Waals surface area contributed by atoms with Gasteiger partial charge in [-0.25, -0.2) is 32.5 Å². The van der Waals surface area contributed by atoms with Crippen molar-refractivity contribution in [1.82, 2.24) is 15.0 Å². The molecule has 1 aliphatic heterocycles. The van der Waals surface area contributed by atoms with Gasteiger partial charge in [-0.1, -0.05) is 6.07 Å². The van der Waals surface area contributed by atoms with Gasteiger partial charge in [0.2, 0.25) is 0 Å². The number of anilines is 3. The SMILES string of the molecule is COc1cc(-c2c(F)ccc(NSc3c(F)cccc3F)c2F)cc2c(N3CCOCC3)nc(-c3ccc(N)nc3)nc12. The van der Waals surface area contributed by atoms with Gasteiger partial charge >= 0.3 is 0 Å². The summed E-state index contributed by atoms with van der Waals surface area (Å²) >= 11 is 0.544. The predicted molar refractivity (Wildman–Crippen MR) is 158 cm³/mol. The molecule has 3 heterocycles. The summed E-state index contributed by atoms with van der Waals surface area (Å²) in [7, 11) is 1.43. The number of halogens is 4. The van der Waals surface area contributed by atoms with Gasteiger partial charge in [-0.3, -0.25) is 0 Å². The Labute approximate surface area is 248 Å². The first-order valence-corrected chi connectivity index (χ1v) is 14.0. The molecule has 8 nitrogen and oxygen atoms in total. The minimum Gasteiger partial charge on any atom is -0.494 e. The molecule has 6 rings (SSSR count). The number of hydrogen-bond acceptors (Lipinski definition) is 9. The fraction of sp³-hybridized carbons (Fsp3) is 0.167. The molecule has 2 aromatic heterocycles. The molecule has 0 radical (unpaired) electrons. The van der Waals surface area contributed by atoms with Crippen LogP contribution in [0, 0.1) is 23.3 Å². The molecule has 0 saturated carbocycles. The molecule has 0 amide bonds. The number of ether oxygens (including phenoxy) is 2. The number of fused-ring (bicyclic) bond motifs is 1. The quantitative estimate of drug-likeness (QED) is 0.159. The van der Waals surface area contributed by atoms with Gasteiger partial charge in [0.1, 0.15) is 40.4 Å². The molecule has 1 aliphatic rings. The zero-order valence-electron chi connectivity index (χ0n) is 22.7. The Balaban J connectivity index is 1.49. The number of nitrogens with two attached hydrogens (primary N) is 1. The highest BCUT2D eigenvalue weighted by Gasteiger charge is 2.24. The molecule has 1 saturated heterocycles. The van der Waals surface area contributed by atoms with E-state index in [2.05, 4.69) is 9.71 Å². The van der Waals surface area contributed by atoms with Gasteiger partial charge in [0.25, 0.3) is 0 Å². The van der Waals surface area contributed by atoms with E-state index in [4.69, 9.17) is 25.2 Å². The Bertz CT molecular complexity index is 1800. The van der Waals surface area contributed by atoms with Crippen molar-refractivity contribution in [2.24, 2.45) is 0 Å². The maximum atomic E-state index is 15.9. The van der Waals surface area contributed by atoms with E-state index < -0.39 is 23.3 Å². The molecule has 0 unspecified atom stereocenters. The number of hydrogen-bond donors (Lipinski definition) is 2. The normalized spacial score (nSPS) is 13.4. The average Bonchev–Trinajstić information content (AvgIpc) is 3.01. The molecule has 0 atom stereocenters. The largest absolute Gasteiger partial charge is 0.494 e. The lowest BCUT2D eigenvalue weighted by atomic mass is 10.0. The van der Waals surface area contributed by atoms with Gasteiger partial charge in [-0.15, -0.1) is 0 Å². The number of benzene rings is 3. The van der Waals surface area contributed by atoms with E-state index in [1.807, 2.05) is 4.90 Å². The van der Waals surface area contributed by atoms with Crippen LogP contribution in [0.3, 0.4) is 0 Å². The van der Waals surface area contributed by atoms with Crippen molar-refractivity contribution in [3.63, 3.8) is 0 Å². The first-order valence-electron chi connectivity index (χ1n) is 13.1. The minimum absolute atomic E-state index is 0.157. The van der Waals surface area contributed by atoms with Crippen molar-refractivity contribution >= 4 is 40.2 Å². The number of aromatic nitrogens is 3. The van der Waals surface area contributed by atoms with Crippen LogP contribution in [0.25, 0.3) is 33.4 Å². The second kappa shape index (κ2) is 11.9. The lowest BCUT2D eigenvalue weighted by Crippen LogP contribution is -2.37. The van der Waals surface area contributed by atoms with Crippen LogP contribution < -0.4 is 20.1 Å². The molecule has 1 fully saturated rings.